The number of nitrogens with one attached hydrogen (secondary N) is 2. The molecule has 2 N–H and O–H groups in total. The molecule has 0 atom stereocenters. The van der Waals surface area contributed by atoms with Gasteiger partial charge in [-0.1, -0.05) is 47.5 Å². The van der Waals surface area contributed by atoms with Gasteiger partial charge in [-0.25, -0.2) is 4.98 Å². The van der Waals surface area contributed by atoms with Crippen molar-refractivity contribution in [2.24, 2.45) is 0 Å². The quantitative estimate of drug-likeness (QED) is 0.537. The van der Waals surface area contributed by atoms with Gasteiger partial charge in [0.1, 0.15) is 0 Å². The van der Waals surface area contributed by atoms with E-state index >= 15 is 0 Å². The van der Waals surface area contributed by atoms with Crippen LogP contribution >= 0.6 is 34.5 Å². The highest BCUT2D eigenvalue weighted by Crippen LogP contribution is 2.29. The lowest BCUT2D eigenvalue weighted by atomic mass is 10.1. The number of amides is 1. The van der Waals surface area contributed by atoms with Crippen LogP contribution in [0.4, 0.5) is 10.8 Å². The normalized spacial score (nSPS) is 10.7. The average molecular weight is 420 g/mol. The van der Waals surface area contributed by atoms with Gasteiger partial charge in [0.25, 0.3) is 0 Å². The lowest BCUT2D eigenvalue weighted by Gasteiger charge is -2.11. The summed E-state index contributed by atoms with van der Waals surface area (Å²) in [7, 11) is 0. The minimum Gasteiger partial charge on any atom is -0.376 e. The van der Waals surface area contributed by atoms with Crippen LogP contribution in [0.2, 0.25) is 10.0 Å². The summed E-state index contributed by atoms with van der Waals surface area (Å²) in [6.07, 6.45) is 2.31. The number of aryl methyl sites for hydroxylation is 2. The van der Waals surface area contributed by atoms with Crippen LogP contribution in [-0.4, -0.2) is 17.4 Å². The number of thiazole rings is 1. The summed E-state index contributed by atoms with van der Waals surface area (Å²) in [6, 6.07) is 11.5. The van der Waals surface area contributed by atoms with Gasteiger partial charge in [-0.2, -0.15) is 0 Å². The van der Waals surface area contributed by atoms with Crippen LogP contribution in [0.5, 0.6) is 0 Å². The van der Waals surface area contributed by atoms with Gasteiger partial charge >= 0.3 is 0 Å². The number of carbonyl (C=O) groups excluding carboxylic acids is 1. The Bertz CT molecular complexity index is 931. The molecule has 0 saturated heterocycles. The average Bonchev–Trinajstić information content (AvgIpc) is 3.05. The fraction of sp³-hybridized carbons (Fsp3) is 0.200. The standard InChI is InChI=1S/C20H19Cl2N3OS/c1-12-5-3-6-13(2)19(12)23-11-18(26)25-20-24-10-14(27-20)9-15-16(21)7-4-8-17(15)22/h3-8,10,23H,9,11H2,1-2H3,(H,24,25,26). The van der Waals surface area contributed by atoms with Crippen molar-refractivity contribution in [3.8, 4) is 0 Å². The molecular formula is C20H19Cl2N3OS. The van der Waals surface area contributed by atoms with E-state index in [1.807, 2.05) is 50.2 Å². The number of halogens is 2. The number of rotatable bonds is 6. The Morgan fingerprint density at radius 3 is 2.37 bits per heavy atom. The Morgan fingerprint density at radius 1 is 1.07 bits per heavy atom. The SMILES string of the molecule is Cc1cccc(C)c1NCC(=O)Nc1ncc(Cc2c(Cl)cccc2Cl)s1. The number of hydrogen-bond acceptors (Lipinski definition) is 4. The van der Waals surface area contributed by atoms with Crippen molar-refractivity contribution in [2.75, 3.05) is 17.2 Å². The number of aromatic nitrogens is 1. The molecule has 0 bridgehead atoms. The van der Waals surface area contributed by atoms with Crippen molar-refractivity contribution in [1.29, 1.82) is 0 Å². The van der Waals surface area contributed by atoms with Crippen molar-refractivity contribution in [3.05, 3.63) is 74.2 Å². The zero-order valence-corrected chi connectivity index (χ0v) is 17.3. The molecule has 3 aromatic rings. The van der Waals surface area contributed by atoms with Crippen molar-refractivity contribution in [2.45, 2.75) is 20.3 Å². The van der Waals surface area contributed by atoms with Crippen LogP contribution in [0.25, 0.3) is 0 Å². The van der Waals surface area contributed by atoms with E-state index in [9.17, 15) is 4.79 Å². The largest absolute Gasteiger partial charge is 0.376 e. The van der Waals surface area contributed by atoms with Crippen molar-refractivity contribution >= 4 is 51.3 Å². The molecule has 4 nitrogen and oxygen atoms in total. The maximum Gasteiger partial charge on any atom is 0.245 e. The molecule has 0 spiro atoms. The number of carbonyl (C=O) groups is 1. The van der Waals surface area contributed by atoms with Gasteiger partial charge in [-0.05, 0) is 42.7 Å². The van der Waals surface area contributed by atoms with Gasteiger partial charge in [0.05, 0.1) is 6.54 Å². The monoisotopic (exact) mass is 419 g/mol. The molecule has 7 heteroatoms. The molecule has 1 aromatic heterocycles. The van der Waals surface area contributed by atoms with Crippen LogP contribution in [0.3, 0.4) is 0 Å². The molecule has 0 fully saturated rings. The van der Waals surface area contributed by atoms with Crippen molar-refractivity contribution in [3.63, 3.8) is 0 Å². The lowest BCUT2D eigenvalue weighted by Crippen LogP contribution is -2.22. The van der Waals surface area contributed by atoms with Gasteiger partial charge in [0.2, 0.25) is 5.91 Å². The first-order chi connectivity index (χ1) is 12.9. The Kier molecular flexibility index (Phi) is 6.37. The number of para-hydroxylation sites is 1. The van der Waals surface area contributed by atoms with Gasteiger partial charge < -0.3 is 10.6 Å². The lowest BCUT2D eigenvalue weighted by molar-refractivity contribution is -0.114. The molecule has 3 rings (SSSR count). The second kappa shape index (κ2) is 8.74. The van der Waals surface area contributed by atoms with Crippen LogP contribution < -0.4 is 10.6 Å². The smallest absolute Gasteiger partial charge is 0.245 e. The Hall–Kier alpha value is -2.08. The van der Waals surface area contributed by atoms with Crippen molar-refractivity contribution < 1.29 is 4.79 Å². The topological polar surface area (TPSA) is 54.0 Å². The number of anilines is 2. The maximum absolute atomic E-state index is 12.2. The number of hydrogen-bond donors (Lipinski definition) is 2. The summed E-state index contributed by atoms with van der Waals surface area (Å²) < 4.78 is 0. The Labute approximate surface area is 172 Å². The molecule has 0 aliphatic rings. The van der Waals surface area contributed by atoms with E-state index in [0.29, 0.717) is 21.6 Å². The molecule has 27 heavy (non-hydrogen) atoms. The van der Waals surface area contributed by atoms with Crippen LogP contribution in [0.15, 0.2) is 42.6 Å². The van der Waals surface area contributed by atoms with Gasteiger partial charge in [0.15, 0.2) is 5.13 Å². The Morgan fingerprint density at radius 2 is 1.70 bits per heavy atom. The second-order valence-electron chi connectivity index (χ2n) is 6.18. The second-order valence-corrected chi connectivity index (χ2v) is 8.11. The third-order valence-electron chi connectivity index (χ3n) is 4.12. The van der Waals surface area contributed by atoms with E-state index in [0.717, 1.165) is 27.3 Å². The zero-order valence-electron chi connectivity index (χ0n) is 15.0. The highest BCUT2D eigenvalue weighted by Gasteiger charge is 2.11. The first-order valence-corrected chi connectivity index (χ1v) is 9.99. The van der Waals surface area contributed by atoms with E-state index in [1.165, 1.54) is 11.3 Å². The predicted octanol–water partition coefficient (Wildman–Crippen LogP) is 5.71. The van der Waals surface area contributed by atoms with Gasteiger partial charge in [-0.3, -0.25) is 4.79 Å². The van der Waals surface area contributed by atoms with Crippen molar-refractivity contribution in [1.82, 2.24) is 4.98 Å². The summed E-state index contributed by atoms with van der Waals surface area (Å²) in [4.78, 5) is 17.5. The molecule has 0 unspecified atom stereocenters. The third-order valence-corrected chi connectivity index (χ3v) is 5.74. The first-order valence-electron chi connectivity index (χ1n) is 8.41. The molecule has 0 aliphatic heterocycles. The molecule has 140 valence electrons. The number of nitrogens with zero attached hydrogens (tertiary/aromatic N) is 1. The van der Waals surface area contributed by atoms with Crippen LogP contribution in [-0.2, 0) is 11.2 Å². The molecule has 1 amide bonds. The first kappa shape index (κ1) is 19.7. The van der Waals surface area contributed by atoms with E-state index in [4.69, 9.17) is 23.2 Å². The summed E-state index contributed by atoms with van der Waals surface area (Å²) in [5.41, 5.74) is 4.06. The molecule has 0 aliphatic carbocycles. The third kappa shape index (κ3) is 5.01. The van der Waals surface area contributed by atoms with E-state index in [-0.39, 0.29) is 12.5 Å². The Balaban J connectivity index is 1.60. The molecule has 1 heterocycles. The molecule has 0 radical (unpaired) electrons. The summed E-state index contributed by atoms with van der Waals surface area (Å²) in [5.74, 6) is -0.144. The number of benzene rings is 2. The van der Waals surface area contributed by atoms with Gasteiger partial charge in [-0.15, -0.1) is 11.3 Å². The summed E-state index contributed by atoms with van der Waals surface area (Å²) >= 11 is 13.8. The highest BCUT2D eigenvalue weighted by atomic mass is 35.5. The summed E-state index contributed by atoms with van der Waals surface area (Å²) in [6.45, 7) is 4.21. The molecular weight excluding hydrogens is 401 g/mol. The van der Waals surface area contributed by atoms with E-state index in [1.54, 1.807) is 6.20 Å². The van der Waals surface area contributed by atoms with Gasteiger partial charge in [0, 0.05) is 33.2 Å². The van der Waals surface area contributed by atoms with E-state index < -0.39 is 0 Å². The fourth-order valence-electron chi connectivity index (χ4n) is 2.75. The minimum absolute atomic E-state index is 0.144. The minimum atomic E-state index is -0.144. The molecule has 0 saturated carbocycles. The summed E-state index contributed by atoms with van der Waals surface area (Å²) in [5, 5.41) is 7.82. The predicted molar refractivity (Wildman–Crippen MR) is 114 cm³/mol. The zero-order chi connectivity index (χ0) is 19.4. The molecule has 2 aromatic carbocycles. The fourth-order valence-corrected chi connectivity index (χ4v) is 4.12. The van der Waals surface area contributed by atoms with E-state index in [2.05, 4.69) is 15.6 Å². The van der Waals surface area contributed by atoms with Crippen LogP contribution in [0.1, 0.15) is 21.6 Å². The van der Waals surface area contributed by atoms with Crippen LogP contribution in [0, 0.1) is 13.8 Å². The highest BCUT2D eigenvalue weighted by molar-refractivity contribution is 7.15. The maximum atomic E-state index is 12.2.